The molecule has 0 heterocycles. The number of nitrogens with zero attached hydrogens (tertiary/aromatic N) is 1. The first-order chi connectivity index (χ1) is 10.6. The zero-order valence-electron chi connectivity index (χ0n) is 13.6. The van der Waals surface area contributed by atoms with Gasteiger partial charge in [0, 0.05) is 14.1 Å². The van der Waals surface area contributed by atoms with Crippen molar-refractivity contribution in [3.63, 3.8) is 0 Å². The van der Waals surface area contributed by atoms with Gasteiger partial charge in [-0.3, -0.25) is 4.79 Å². The van der Waals surface area contributed by atoms with Gasteiger partial charge in [0.25, 0.3) is 5.91 Å². The Balaban J connectivity index is 3.13. The Kier molecular flexibility index (Phi) is 6.11. The second-order valence-corrected chi connectivity index (χ2v) is 6.71. The van der Waals surface area contributed by atoms with Crippen molar-refractivity contribution in [1.82, 2.24) is 9.62 Å². The predicted octanol–water partition coefficient (Wildman–Crippen LogP) is 0.237. The van der Waals surface area contributed by atoms with Crippen molar-refractivity contribution in [2.75, 3.05) is 28.3 Å². The molecule has 0 saturated heterocycles. The highest BCUT2D eigenvalue weighted by Gasteiger charge is 2.23. The van der Waals surface area contributed by atoms with E-state index in [0.29, 0.717) is 0 Å². The summed E-state index contributed by atoms with van der Waals surface area (Å²) in [5, 5.41) is 0. The van der Waals surface area contributed by atoms with Gasteiger partial charge < -0.3 is 14.4 Å². The number of ether oxygens (including phenoxy) is 2. The molecule has 0 aromatic heterocycles. The van der Waals surface area contributed by atoms with Crippen LogP contribution in [-0.4, -0.2) is 59.6 Å². The number of amides is 1. The number of rotatable bonds is 6. The minimum Gasteiger partial charge on any atom is -0.495 e. The Hall–Kier alpha value is -2.13. The van der Waals surface area contributed by atoms with Crippen molar-refractivity contribution in [3.05, 3.63) is 23.8 Å². The minimum absolute atomic E-state index is 0.00182. The number of methoxy groups -OCH3 is 1. The number of carbonyl (C=O) groups is 2. The summed E-state index contributed by atoms with van der Waals surface area (Å²) in [6, 6.07) is 3.85. The second kappa shape index (κ2) is 7.42. The molecule has 8 nitrogen and oxygen atoms in total. The lowest BCUT2D eigenvalue weighted by Crippen LogP contribution is -2.34. The molecule has 0 radical (unpaired) electrons. The third-order valence-corrected chi connectivity index (χ3v) is 4.47. The first kappa shape index (κ1) is 18.9. The van der Waals surface area contributed by atoms with Crippen molar-refractivity contribution in [2.24, 2.45) is 0 Å². The fraction of sp³-hybridized carbons (Fsp3) is 0.429. The SMILES string of the molecule is CNS(=O)(=O)c1cc(C(=O)O[C@H](C)C(=O)N(C)C)ccc1OC. The monoisotopic (exact) mass is 344 g/mol. The van der Waals surface area contributed by atoms with E-state index >= 15 is 0 Å². The fourth-order valence-electron chi connectivity index (χ4n) is 1.77. The zero-order chi connectivity index (χ0) is 17.8. The lowest BCUT2D eigenvalue weighted by atomic mass is 10.2. The summed E-state index contributed by atoms with van der Waals surface area (Å²) in [5.74, 6) is -1.09. The van der Waals surface area contributed by atoms with Gasteiger partial charge in [-0.25, -0.2) is 17.9 Å². The van der Waals surface area contributed by atoms with Gasteiger partial charge in [0.1, 0.15) is 10.6 Å². The van der Waals surface area contributed by atoms with Crippen LogP contribution in [0.15, 0.2) is 23.1 Å². The number of likely N-dealkylation sites (N-methyl/N-ethyl adjacent to an activating group) is 1. The highest BCUT2D eigenvalue weighted by atomic mass is 32.2. The molecule has 23 heavy (non-hydrogen) atoms. The van der Waals surface area contributed by atoms with Crippen LogP contribution in [-0.2, 0) is 19.6 Å². The third-order valence-electron chi connectivity index (χ3n) is 3.03. The van der Waals surface area contributed by atoms with Gasteiger partial charge in [-0.2, -0.15) is 0 Å². The molecule has 9 heteroatoms. The van der Waals surface area contributed by atoms with Crippen LogP contribution < -0.4 is 9.46 Å². The van der Waals surface area contributed by atoms with Crippen LogP contribution in [0.1, 0.15) is 17.3 Å². The van der Waals surface area contributed by atoms with E-state index in [1.807, 2.05) is 0 Å². The smallest absolute Gasteiger partial charge is 0.338 e. The predicted molar refractivity (Wildman–Crippen MR) is 82.8 cm³/mol. The maximum atomic E-state index is 12.1. The van der Waals surface area contributed by atoms with Crippen molar-refractivity contribution in [1.29, 1.82) is 0 Å². The number of sulfonamides is 1. The number of benzene rings is 1. The summed E-state index contributed by atoms with van der Waals surface area (Å²) in [4.78, 5) is 24.9. The number of carbonyl (C=O) groups excluding carboxylic acids is 2. The molecule has 0 bridgehead atoms. The van der Waals surface area contributed by atoms with Crippen molar-refractivity contribution >= 4 is 21.9 Å². The standard InChI is InChI=1S/C14H20N2O6S/c1-9(13(17)16(3)4)22-14(18)10-6-7-11(21-5)12(8-10)23(19,20)15-2/h6-9,15H,1-5H3/t9-/m1/s1. The second-order valence-electron chi connectivity index (χ2n) is 4.85. The number of hydrogen-bond acceptors (Lipinski definition) is 6. The van der Waals surface area contributed by atoms with Crippen LogP contribution in [0.25, 0.3) is 0 Å². The summed E-state index contributed by atoms with van der Waals surface area (Å²) in [7, 11) is 1.83. The van der Waals surface area contributed by atoms with Crippen LogP contribution in [0.3, 0.4) is 0 Å². The Bertz CT molecular complexity index is 699. The van der Waals surface area contributed by atoms with Crippen LogP contribution in [0.2, 0.25) is 0 Å². The highest BCUT2D eigenvalue weighted by molar-refractivity contribution is 7.89. The molecule has 1 rings (SSSR count). The topological polar surface area (TPSA) is 102 Å². The maximum absolute atomic E-state index is 12.1. The first-order valence-electron chi connectivity index (χ1n) is 6.67. The Morgan fingerprint density at radius 2 is 1.87 bits per heavy atom. The van der Waals surface area contributed by atoms with Gasteiger partial charge in [0.15, 0.2) is 6.10 Å². The molecule has 0 spiro atoms. The molecule has 1 N–H and O–H groups in total. The third kappa shape index (κ3) is 4.42. The van der Waals surface area contributed by atoms with Crippen molar-refractivity contribution in [3.8, 4) is 5.75 Å². The Morgan fingerprint density at radius 1 is 1.26 bits per heavy atom. The maximum Gasteiger partial charge on any atom is 0.338 e. The van der Waals surface area contributed by atoms with Gasteiger partial charge in [0.2, 0.25) is 10.0 Å². The minimum atomic E-state index is -3.81. The fourth-order valence-corrected chi connectivity index (χ4v) is 2.68. The first-order valence-corrected chi connectivity index (χ1v) is 8.16. The molecule has 1 atom stereocenters. The number of esters is 1. The molecular weight excluding hydrogens is 324 g/mol. The molecule has 1 aromatic carbocycles. The number of nitrogens with one attached hydrogen (secondary N) is 1. The van der Waals surface area contributed by atoms with Crippen LogP contribution >= 0.6 is 0 Å². The molecule has 1 amide bonds. The van der Waals surface area contributed by atoms with Crippen LogP contribution in [0.5, 0.6) is 5.75 Å². The lowest BCUT2D eigenvalue weighted by Gasteiger charge is -2.17. The number of hydrogen-bond donors (Lipinski definition) is 1. The molecule has 0 saturated carbocycles. The Morgan fingerprint density at radius 3 is 2.35 bits per heavy atom. The molecule has 0 aliphatic rings. The largest absolute Gasteiger partial charge is 0.495 e. The normalized spacial score (nSPS) is 12.4. The summed E-state index contributed by atoms with van der Waals surface area (Å²) >= 11 is 0. The zero-order valence-corrected chi connectivity index (χ0v) is 14.4. The van der Waals surface area contributed by atoms with E-state index < -0.39 is 22.1 Å². The van der Waals surface area contributed by atoms with Crippen molar-refractivity contribution in [2.45, 2.75) is 17.9 Å². The summed E-state index contributed by atoms with van der Waals surface area (Å²) in [6.45, 7) is 1.44. The molecule has 128 valence electrons. The van der Waals surface area contributed by atoms with E-state index in [0.717, 1.165) is 6.07 Å². The molecular formula is C14H20N2O6S. The Labute approximate surface area is 135 Å². The van der Waals surface area contributed by atoms with Gasteiger partial charge in [-0.05, 0) is 32.2 Å². The summed E-state index contributed by atoms with van der Waals surface area (Å²) in [6.07, 6.45) is -0.982. The molecule has 0 aliphatic heterocycles. The molecule has 0 unspecified atom stereocenters. The van der Waals surface area contributed by atoms with Crippen LogP contribution in [0, 0.1) is 0 Å². The van der Waals surface area contributed by atoms with E-state index in [2.05, 4.69) is 4.72 Å². The van der Waals surface area contributed by atoms with Gasteiger partial charge in [-0.1, -0.05) is 0 Å². The van der Waals surface area contributed by atoms with Gasteiger partial charge in [-0.15, -0.1) is 0 Å². The summed E-state index contributed by atoms with van der Waals surface area (Å²) < 4.78 is 36.1. The molecule has 0 fully saturated rings. The van der Waals surface area contributed by atoms with E-state index in [9.17, 15) is 18.0 Å². The quantitative estimate of drug-likeness (QED) is 0.742. The summed E-state index contributed by atoms with van der Waals surface area (Å²) in [5.41, 5.74) is -0.00182. The van der Waals surface area contributed by atoms with Gasteiger partial charge in [0.05, 0.1) is 12.7 Å². The average molecular weight is 344 g/mol. The molecule has 1 aromatic rings. The average Bonchev–Trinajstić information content (AvgIpc) is 2.52. The highest BCUT2D eigenvalue weighted by Crippen LogP contribution is 2.25. The van der Waals surface area contributed by atoms with E-state index in [1.165, 1.54) is 52.2 Å². The molecule has 0 aliphatic carbocycles. The van der Waals surface area contributed by atoms with Gasteiger partial charge >= 0.3 is 5.97 Å². The van der Waals surface area contributed by atoms with Crippen molar-refractivity contribution < 1.29 is 27.5 Å². The lowest BCUT2D eigenvalue weighted by molar-refractivity contribution is -0.137. The van der Waals surface area contributed by atoms with E-state index in [4.69, 9.17) is 9.47 Å². The van der Waals surface area contributed by atoms with E-state index in [1.54, 1.807) is 0 Å². The van der Waals surface area contributed by atoms with E-state index in [-0.39, 0.29) is 22.1 Å². The van der Waals surface area contributed by atoms with Crippen LogP contribution in [0.4, 0.5) is 0 Å².